The lowest BCUT2D eigenvalue weighted by atomic mass is 10.2. The van der Waals surface area contributed by atoms with Gasteiger partial charge in [-0.15, -0.1) is 0 Å². The van der Waals surface area contributed by atoms with E-state index >= 15 is 0 Å². The summed E-state index contributed by atoms with van der Waals surface area (Å²) < 4.78 is 21.0. The number of halogens is 2. The number of carbonyl (C=O) groups is 2. The minimum absolute atomic E-state index is 0.0916. The monoisotopic (exact) mass is 492 g/mol. The Morgan fingerprint density at radius 1 is 1.21 bits per heavy atom. The van der Waals surface area contributed by atoms with Crippen LogP contribution in [0.1, 0.15) is 26.4 Å². The summed E-state index contributed by atoms with van der Waals surface area (Å²) >= 11 is 2.01. The van der Waals surface area contributed by atoms with Crippen molar-refractivity contribution < 1.29 is 18.7 Å². The number of ether oxygens (including phenoxy) is 1. The van der Waals surface area contributed by atoms with Gasteiger partial charge in [0.1, 0.15) is 11.6 Å². The summed E-state index contributed by atoms with van der Waals surface area (Å²) in [6, 6.07) is 12.1. The number of carbonyl (C=O) groups excluding carboxylic acids is 2. The van der Waals surface area contributed by atoms with Crippen molar-refractivity contribution in [2.75, 3.05) is 0 Å². The van der Waals surface area contributed by atoms with Crippen LogP contribution >= 0.6 is 22.6 Å². The van der Waals surface area contributed by atoms with E-state index in [2.05, 4.69) is 15.6 Å². The molecule has 0 spiro atoms. The molecule has 142 valence electrons. The molecular weight excluding hydrogens is 478 g/mol. The van der Waals surface area contributed by atoms with Crippen LogP contribution in [0, 0.1) is 9.39 Å². The van der Waals surface area contributed by atoms with E-state index in [-0.39, 0.29) is 11.3 Å². The molecule has 0 bridgehead atoms. The third-order valence-electron chi connectivity index (χ3n) is 3.57. The molecule has 0 radical (unpaired) electrons. The van der Waals surface area contributed by atoms with Crippen molar-refractivity contribution in [3.05, 3.63) is 80.9 Å². The van der Waals surface area contributed by atoms with E-state index in [1.807, 2.05) is 22.6 Å². The highest BCUT2D eigenvalue weighted by Crippen LogP contribution is 2.16. The number of hydrogen-bond acceptors (Lipinski definition) is 5. The molecule has 0 aliphatic heterocycles. The van der Waals surface area contributed by atoms with Crippen LogP contribution in [0.25, 0.3) is 0 Å². The molecule has 0 atom stereocenters. The maximum Gasteiger partial charge on any atom is 0.365 e. The van der Waals surface area contributed by atoms with Gasteiger partial charge in [0.15, 0.2) is 5.69 Å². The molecular formula is C19H14FIN4O3. The predicted octanol–water partition coefficient (Wildman–Crippen LogP) is 3.15. The smallest absolute Gasteiger partial charge is 0.365 e. The Morgan fingerprint density at radius 3 is 2.57 bits per heavy atom. The molecule has 1 amide bonds. The highest BCUT2D eigenvalue weighted by molar-refractivity contribution is 14.1. The summed E-state index contributed by atoms with van der Waals surface area (Å²) in [6.45, 7) is 0. The summed E-state index contributed by atoms with van der Waals surface area (Å²) in [5, 5.41) is 7.86. The molecule has 0 saturated carbocycles. The Hall–Kier alpha value is -3.08. The van der Waals surface area contributed by atoms with Gasteiger partial charge in [-0.2, -0.15) is 10.2 Å². The first-order chi connectivity index (χ1) is 13.4. The van der Waals surface area contributed by atoms with Gasteiger partial charge in [0, 0.05) is 13.2 Å². The number of nitrogens with zero attached hydrogens (tertiary/aromatic N) is 3. The number of hydrogen-bond donors (Lipinski definition) is 1. The topological polar surface area (TPSA) is 85.6 Å². The Kier molecular flexibility index (Phi) is 6.14. The van der Waals surface area contributed by atoms with E-state index in [0.717, 1.165) is 0 Å². The minimum atomic E-state index is -0.648. The van der Waals surface area contributed by atoms with Crippen LogP contribution in [0.4, 0.5) is 4.39 Å². The fraction of sp³-hybridized carbons (Fsp3) is 0.0526. The molecule has 0 fully saturated rings. The largest absolute Gasteiger partial charge is 0.422 e. The molecule has 1 heterocycles. The van der Waals surface area contributed by atoms with E-state index in [0.29, 0.717) is 14.9 Å². The van der Waals surface area contributed by atoms with E-state index < -0.39 is 17.7 Å². The first-order valence-corrected chi connectivity index (χ1v) is 9.11. The van der Waals surface area contributed by atoms with Crippen molar-refractivity contribution in [2.24, 2.45) is 12.1 Å². The molecule has 1 N–H and O–H groups in total. The molecule has 0 saturated heterocycles. The maximum atomic E-state index is 13.5. The zero-order valence-corrected chi connectivity index (χ0v) is 16.8. The number of rotatable bonds is 5. The molecule has 2 aromatic carbocycles. The second-order valence-corrected chi connectivity index (χ2v) is 6.80. The average molecular weight is 492 g/mol. The summed E-state index contributed by atoms with van der Waals surface area (Å²) in [7, 11) is 1.72. The quantitative estimate of drug-likeness (QED) is 0.195. The van der Waals surface area contributed by atoms with Crippen LogP contribution in [0.2, 0.25) is 0 Å². The molecule has 0 aliphatic carbocycles. The number of esters is 1. The lowest BCUT2D eigenvalue weighted by Crippen LogP contribution is -2.18. The number of amides is 1. The van der Waals surface area contributed by atoms with Crippen molar-refractivity contribution in [2.45, 2.75) is 0 Å². The number of hydrazone groups is 1. The number of aryl methyl sites for hydroxylation is 1. The lowest BCUT2D eigenvalue weighted by molar-refractivity contribution is 0.0726. The van der Waals surface area contributed by atoms with Gasteiger partial charge >= 0.3 is 5.97 Å². The highest BCUT2D eigenvalue weighted by atomic mass is 127. The molecule has 1 aromatic heterocycles. The van der Waals surface area contributed by atoms with Crippen molar-refractivity contribution in [1.82, 2.24) is 15.2 Å². The third kappa shape index (κ3) is 4.80. The van der Waals surface area contributed by atoms with Gasteiger partial charge in [-0.1, -0.05) is 12.1 Å². The fourth-order valence-electron chi connectivity index (χ4n) is 2.25. The molecule has 3 rings (SSSR count). The van der Waals surface area contributed by atoms with E-state index in [9.17, 15) is 14.0 Å². The summed E-state index contributed by atoms with van der Waals surface area (Å²) in [4.78, 5) is 24.0. The van der Waals surface area contributed by atoms with Crippen molar-refractivity contribution in [3.63, 3.8) is 0 Å². The molecule has 28 heavy (non-hydrogen) atoms. The summed E-state index contributed by atoms with van der Waals surface area (Å²) in [5.74, 6) is -1.48. The number of aromatic nitrogens is 2. The first-order valence-electron chi connectivity index (χ1n) is 8.03. The third-order valence-corrected chi connectivity index (χ3v) is 4.36. The van der Waals surface area contributed by atoms with Gasteiger partial charge in [0.25, 0.3) is 5.91 Å². The Bertz CT molecular complexity index is 1050. The SMILES string of the molecule is Cn1cc(I)c(C(=O)Oc2ccc(/C=N\NC(=O)c3ccccc3F)cc2)n1. The van der Waals surface area contributed by atoms with Crippen LogP contribution in [0.15, 0.2) is 59.8 Å². The second kappa shape index (κ2) is 8.74. The maximum absolute atomic E-state index is 13.5. The minimum Gasteiger partial charge on any atom is -0.422 e. The van der Waals surface area contributed by atoms with Gasteiger partial charge in [0.2, 0.25) is 0 Å². The zero-order valence-electron chi connectivity index (χ0n) is 14.6. The van der Waals surface area contributed by atoms with Crippen LogP contribution in [-0.2, 0) is 7.05 Å². The number of nitrogens with one attached hydrogen (secondary N) is 1. The Labute approximate surface area is 173 Å². The molecule has 0 unspecified atom stereocenters. The Balaban J connectivity index is 1.59. The van der Waals surface area contributed by atoms with Crippen molar-refractivity contribution in [1.29, 1.82) is 0 Å². The fourth-order valence-corrected chi connectivity index (χ4v) is 2.98. The van der Waals surface area contributed by atoms with Crippen LogP contribution in [0.3, 0.4) is 0 Å². The normalized spacial score (nSPS) is 10.8. The molecule has 9 heteroatoms. The highest BCUT2D eigenvalue weighted by Gasteiger charge is 2.16. The van der Waals surface area contributed by atoms with E-state index in [4.69, 9.17) is 4.74 Å². The standard InChI is InChI=1S/C19H14FIN4O3/c1-25-11-16(21)17(24-25)19(27)28-13-8-6-12(7-9-13)10-22-23-18(26)14-4-2-3-5-15(14)20/h2-11H,1H3,(H,23,26)/b22-10-. The van der Waals surface area contributed by atoms with Crippen LogP contribution in [-0.4, -0.2) is 27.9 Å². The van der Waals surface area contributed by atoms with Crippen molar-refractivity contribution in [3.8, 4) is 5.75 Å². The van der Waals surface area contributed by atoms with Crippen molar-refractivity contribution >= 4 is 40.7 Å². The zero-order chi connectivity index (χ0) is 20.1. The first kappa shape index (κ1) is 19.7. The van der Waals surface area contributed by atoms with Gasteiger partial charge < -0.3 is 4.74 Å². The van der Waals surface area contributed by atoms with Crippen LogP contribution in [0.5, 0.6) is 5.75 Å². The molecule has 0 aliphatic rings. The average Bonchev–Trinajstić information content (AvgIpc) is 3.01. The lowest BCUT2D eigenvalue weighted by Gasteiger charge is -2.03. The molecule has 3 aromatic rings. The Morgan fingerprint density at radius 2 is 1.93 bits per heavy atom. The summed E-state index contributed by atoms with van der Waals surface area (Å²) in [6.07, 6.45) is 3.11. The van der Waals surface area contributed by atoms with Crippen LogP contribution < -0.4 is 10.2 Å². The van der Waals surface area contributed by atoms with Gasteiger partial charge in [-0.3, -0.25) is 9.48 Å². The predicted molar refractivity (Wildman–Crippen MR) is 109 cm³/mol. The number of benzene rings is 2. The van der Waals surface area contributed by atoms with E-state index in [1.165, 1.54) is 29.1 Å². The van der Waals surface area contributed by atoms with Gasteiger partial charge in [0.05, 0.1) is 15.3 Å². The summed E-state index contributed by atoms with van der Waals surface area (Å²) in [5.41, 5.74) is 3.06. The van der Waals surface area contributed by atoms with Gasteiger partial charge in [-0.25, -0.2) is 14.6 Å². The van der Waals surface area contributed by atoms with E-state index in [1.54, 1.807) is 43.6 Å². The van der Waals surface area contributed by atoms with Gasteiger partial charge in [-0.05, 0) is 64.6 Å². The second-order valence-electron chi connectivity index (χ2n) is 5.64. The molecule has 7 nitrogen and oxygen atoms in total.